The van der Waals surface area contributed by atoms with Gasteiger partial charge in [-0.1, -0.05) is 36.9 Å². The SMILES string of the molecule is C=CCOC(=O)NCc1ccc(CN=C=CC)cc1. The maximum atomic E-state index is 11.2. The fraction of sp³-hybridized carbons (Fsp3) is 0.267. The summed E-state index contributed by atoms with van der Waals surface area (Å²) in [7, 11) is 0. The molecule has 4 nitrogen and oxygen atoms in total. The van der Waals surface area contributed by atoms with Crippen LogP contribution in [-0.4, -0.2) is 18.6 Å². The zero-order valence-corrected chi connectivity index (χ0v) is 11.1. The molecule has 1 amide bonds. The third-order valence-electron chi connectivity index (χ3n) is 2.27. The van der Waals surface area contributed by atoms with E-state index >= 15 is 0 Å². The highest BCUT2D eigenvalue weighted by Gasteiger charge is 2.00. The van der Waals surface area contributed by atoms with Gasteiger partial charge in [-0.05, 0) is 30.0 Å². The Hall–Kier alpha value is -2.32. The molecule has 0 fully saturated rings. The number of allylic oxidation sites excluding steroid dienone is 1. The monoisotopic (exact) mass is 258 g/mol. The van der Waals surface area contributed by atoms with Gasteiger partial charge in [0.2, 0.25) is 0 Å². The van der Waals surface area contributed by atoms with Gasteiger partial charge in [-0.25, -0.2) is 9.79 Å². The Bertz CT molecular complexity index is 471. The molecule has 19 heavy (non-hydrogen) atoms. The van der Waals surface area contributed by atoms with Crippen LogP contribution in [0.25, 0.3) is 0 Å². The van der Waals surface area contributed by atoms with Crippen molar-refractivity contribution < 1.29 is 9.53 Å². The van der Waals surface area contributed by atoms with E-state index in [0.717, 1.165) is 11.1 Å². The van der Waals surface area contributed by atoms with Crippen molar-refractivity contribution >= 4 is 12.0 Å². The fourth-order valence-electron chi connectivity index (χ4n) is 1.35. The van der Waals surface area contributed by atoms with Gasteiger partial charge in [-0.15, -0.1) is 0 Å². The highest BCUT2D eigenvalue weighted by molar-refractivity contribution is 5.67. The van der Waals surface area contributed by atoms with E-state index in [4.69, 9.17) is 4.74 Å². The van der Waals surface area contributed by atoms with Crippen LogP contribution in [0.4, 0.5) is 4.79 Å². The summed E-state index contributed by atoms with van der Waals surface area (Å²) in [5, 5.41) is 2.66. The van der Waals surface area contributed by atoms with E-state index in [2.05, 4.69) is 22.8 Å². The van der Waals surface area contributed by atoms with Crippen molar-refractivity contribution in [3.8, 4) is 0 Å². The van der Waals surface area contributed by atoms with Crippen molar-refractivity contribution in [1.82, 2.24) is 5.32 Å². The number of aliphatic imine (C=N–C) groups is 1. The number of hydrogen-bond donors (Lipinski definition) is 1. The summed E-state index contributed by atoms with van der Waals surface area (Å²) in [6.07, 6.45) is 2.86. The maximum absolute atomic E-state index is 11.2. The molecule has 0 heterocycles. The molecule has 1 N–H and O–H groups in total. The van der Waals surface area contributed by atoms with E-state index in [1.54, 1.807) is 6.08 Å². The van der Waals surface area contributed by atoms with E-state index in [1.165, 1.54) is 6.08 Å². The van der Waals surface area contributed by atoms with Crippen LogP contribution in [0, 0.1) is 0 Å². The quantitative estimate of drug-likeness (QED) is 0.630. The van der Waals surface area contributed by atoms with Crippen LogP contribution < -0.4 is 5.32 Å². The second-order valence-corrected chi connectivity index (χ2v) is 3.79. The number of nitrogens with zero attached hydrogens (tertiary/aromatic N) is 1. The number of carbonyl (C=O) groups is 1. The zero-order valence-electron chi connectivity index (χ0n) is 11.1. The van der Waals surface area contributed by atoms with Gasteiger partial charge in [-0.2, -0.15) is 0 Å². The minimum Gasteiger partial charge on any atom is -0.445 e. The first-order valence-electron chi connectivity index (χ1n) is 6.05. The molecule has 0 aliphatic rings. The standard InChI is InChI=1S/C15H18N2O2/c1-3-9-16-11-13-5-7-14(8-6-13)12-17-15(18)19-10-4-2/h3-8H,2,10-12H2,1H3,(H,17,18). The minimum absolute atomic E-state index is 0.216. The molecule has 4 heteroatoms. The molecule has 0 aliphatic carbocycles. The molecule has 0 saturated heterocycles. The summed E-state index contributed by atoms with van der Waals surface area (Å²) in [6.45, 7) is 6.61. The predicted molar refractivity (Wildman–Crippen MR) is 76.2 cm³/mol. The van der Waals surface area contributed by atoms with Crippen LogP contribution in [0.2, 0.25) is 0 Å². The molecule has 0 unspecified atom stereocenters. The first-order valence-corrected chi connectivity index (χ1v) is 6.05. The van der Waals surface area contributed by atoms with Crippen LogP contribution in [-0.2, 0) is 17.8 Å². The van der Waals surface area contributed by atoms with Gasteiger partial charge in [0.1, 0.15) is 6.61 Å². The third-order valence-corrected chi connectivity index (χ3v) is 2.27. The van der Waals surface area contributed by atoms with Crippen LogP contribution in [0.15, 0.2) is 48.0 Å². The Morgan fingerprint density at radius 2 is 2.11 bits per heavy atom. The van der Waals surface area contributed by atoms with E-state index in [0.29, 0.717) is 13.1 Å². The Labute approximate surface area is 113 Å². The molecule has 100 valence electrons. The molecule has 1 rings (SSSR count). The highest BCUT2D eigenvalue weighted by Crippen LogP contribution is 2.05. The van der Waals surface area contributed by atoms with Gasteiger partial charge >= 0.3 is 6.09 Å². The highest BCUT2D eigenvalue weighted by atomic mass is 16.5. The van der Waals surface area contributed by atoms with E-state index < -0.39 is 6.09 Å². The number of hydrogen-bond acceptors (Lipinski definition) is 3. The Morgan fingerprint density at radius 1 is 1.42 bits per heavy atom. The molecule has 0 radical (unpaired) electrons. The Morgan fingerprint density at radius 3 is 2.74 bits per heavy atom. The topological polar surface area (TPSA) is 50.7 Å². The fourth-order valence-corrected chi connectivity index (χ4v) is 1.35. The minimum atomic E-state index is -0.443. The lowest BCUT2D eigenvalue weighted by molar-refractivity contribution is 0.158. The molecular formula is C15H18N2O2. The van der Waals surface area contributed by atoms with Crippen molar-refractivity contribution in [3.63, 3.8) is 0 Å². The van der Waals surface area contributed by atoms with Crippen molar-refractivity contribution in [3.05, 3.63) is 54.1 Å². The van der Waals surface area contributed by atoms with Crippen molar-refractivity contribution in [1.29, 1.82) is 0 Å². The summed E-state index contributed by atoms with van der Waals surface area (Å²) < 4.78 is 4.81. The van der Waals surface area contributed by atoms with Crippen LogP contribution >= 0.6 is 0 Å². The van der Waals surface area contributed by atoms with Gasteiger partial charge in [-0.3, -0.25) is 0 Å². The maximum Gasteiger partial charge on any atom is 0.407 e. The Kier molecular flexibility index (Phi) is 6.77. The molecule has 0 saturated carbocycles. The lowest BCUT2D eigenvalue weighted by atomic mass is 10.1. The van der Waals surface area contributed by atoms with Crippen molar-refractivity contribution in [2.45, 2.75) is 20.0 Å². The van der Waals surface area contributed by atoms with Crippen LogP contribution in [0.5, 0.6) is 0 Å². The first-order chi connectivity index (χ1) is 9.26. The smallest absolute Gasteiger partial charge is 0.407 e. The Balaban J connectivity index is 2.41. The summed E-state index contributed by atoms with van der Waals surface area (Å²) in [5.74, 6) is 2.79. The number of rotatable bonds is 6. The molecule has 0 atom stereocenters. The van der Waals surface area contributed by atoms with Gasteiger partial charge in [0.25, 0.3) is 0 Å². The second kappa shape index (κ2) is 8.72. The zero-order chi connectivity index (χ0) is 13.9. The number of ether oxygens (including phenoxy) is 1. The third kappa shape index (κ3) is 6.24. The van der Waals surface area contributed by atoms with Crippen molar-refractivity contribution in [2.24, 2.45) is 4.99 Å². The van der Waals surface area contributed by atoms with Crippen LogP contribution in [0.3, 0.4) is 0 Å². The second-order valence-electron chi connectivity index (χ2n) is 3.79. The summed E-state index contributed by atoms with van der Waals surface area (Å²) in [4.78, 5) is 15.3. The number of nitrogens with one attached hydrogen (secondary N) is 1. The molecule has 1 aromatic rings. The summed E-state index contributed by atoms with van der Waals surface area (Å²) >= 11 is 0. The number of amides is 1. The average Bonchev–Trinajstić information content (AvgIpc) is 2.44. The number of alkyl carbamates (subject to hydrolysis) is 1. The largest absolute Gasteiger partial charge is 0.445 e. The number of benzene rings is 1. The molecule has 0 spiro atoms. The van der Waals surface area contributed by atoms with Gasteiger partial charge < -0.3 is 10.1 Å². The number of carbonyl (C=O) groups excluding carboxylic acids is 1. The average molecular weight is 258 g/mol. The molecule has 1 aromatic carbocycles. The summed E-state index contributed by atoms with van der Waals surface area (Å²) in [5.41, 5.74) is 2.11. The lowest BCUT2D eigenvalue weighted by Crippen LogP contribution is -2.23. The van der Waals surface area contributed by atoms with Gasteiger partial charge in [0.15, 0.2) is 0 Å². The van der Waals surface area contributed by atoms with Gasteiger partial charge in [0, 0.05) is 6.54 Å². The molecule has 0 aromatic heterocycles. The first kappa shape index (κ1) is 14.7. The van der Waals surface area contributed by atoms with E-state index in [9.17, 15) is 4.79 Å². The van der Waals surface area contributed by atoms with E-state index in [-0.39, 0.29) is 6.61 Å². The normalized spacial score (nSPS) is 9.11. The summed E-state index contributed by atoms with van der Waals surface area (Å²) in [6, 6.07) is 7.86. The van der Waals surface area contributed by atoms with Crippen LogP contribution in [0.1, 0.15) is 18.1 Å². The predicted octanol–water partition coefficient (Wildman–Crippen LogP) is 2.84. The van der Waals surface area contributed by atoms with Gasteiger partial charge in [0.05, 0.1) is 6.54 Å². The lowest BCUT2D eigenvalue weighted by Gasteiger charge is -2.05. The van der Waals surface area contributed by atoms with Crippen molar-refractivity contribution in [2.75, 3.05) is 6.61 Å². The molecule has 0 bridgehead atoms. The van der Waals surface area contributed by atoms with E-state index in [1.807, 2.05) is 31.2 Å². The molecular weight excluding hydrogens is 240 g/mol. The molecule has 0 aliphatic heterocycles.